The van der Waals surface area contributed by atoms with E-state index in [1.54, 1.807) is 0 Å². The second kappa shape index (κ2) is 7.43. The Morgan fingerprint density at radius 3 is 2.33 bits per heavy atom. The zero-order valence-corrected chi connectivity index (χ0v) is 13.7. The summed E-state index contributed by atoms with van der Waals surface area (Å²) in [5, 5.41) is 6.13. The summed E-state index contributed by atoms with van der Waals surface area (Å²) >= 11 is 0. The average Bonchev–Trinajstić information content (AvgIpc) is 2.34. The molecule has 0 aliphatic heterocycles. The Labute approximate surface area is 127 Å². The van der Waals surface area contributed by atoms with Crippen molar-refractivity contribution in [3.63, 3.8) is 0 Å². The summed E-state index contributed by atoms with van der Waals surface area (Å²) in [6, 6.07) is 7.45. The van der Waals surface area contributed by atoms with Crippen molar-refractivity contribution in [3.8, 4) is 0 Å². The quantitative estimate of drug-likeness (QED) is 0.723. The lowest BCUT2D eigenvalue weighted by atomic mass is 9.92. The number of carbonyl (C=O) groups is 1. The number of benzene rings is 1. The van der Waals surface area contributed by atoms with Crippen molar-refractivity contribution < 1.29 is 4.79 Å². The van der Waals surface area contributed by atoms with E-state index in [-0.39, 0.29) is 11.5 Å². The Bertz CT molecular complexity index is 454. The number of urea groups is 1. The molecular weight excluding hydrogens is 264 g/mol. The smallest absolute Gasteiger partial charge is 0.316 e. The highest BCUT2D eigenvalue weighted by atomic mass is 16.2. The van der Waals surface area contributed by atoms with Gasteiger partial charge in [0.1, 0.15) is 0 Å². The molecule has 118 valence electrons. The fourth-order valence-corrected chi connectivity index (χ4v) is 2.46. The highest BCUT2D eigenvalue weighted by molar-refractivity contribution is 5.87. The largest absolute Gasteiger partial charge is 0.351 e. The predicted octanol–water partition coefficient (Wildman–Crippen LogP) is 2.42. The second-order valence-corrected chi connectivity index (χ2v) is 6.62. The summed E-state index contributed by atoms with van der Waals surface area (Å²) in [5.74, 6) is 0. The molecule has 2 amide bonds. The van der Waals surface area contributed by atoms with Gasteiger partial charge in [0.15, 0.2) is 0 Å². The van der Waals surface area contributed by atoms with E-state index in [2.05, 4.69) is 50.4 Å². The molecule has 0 saturated carbocycles. The minimum absolute atomic E-state index is 0.214. The molecule has 1 aromatic carbocycles. The fourth-order valence-electron chi connectivity index (χ4n) is 2.46. The van der Waals surface area contributed by atoms with Gasteiger partial charge in [0.2, 0.25) is 0 Å². The van der Waals surface area contributed by atoms with Crippen molar-refractivity contribution in [1.82, 2.24) is 10.2 Å². The molecule has 0 spiro atoms. The molecule has 0 radical (unpaired) electrons. The molecule has 1 rings (SSSR count). The summed E-state index contributed by atoms with van der Waals surface area (Å²) in [6.07, 6.45) is 0. The lowest BCUT2D eigenvalue weighted by Crippen LogP contribution is -2.38. The van der Waals surface area contributed by atoms with Crippen molar-refractivity contribution in [3.05, 3.63) is 29.8 Å². The molecule has 5 nitrogen and oxygen atoms in total. The van der Waals surface area contributed by atoms with Crippen LogP contribution < -0.4 is 16.4 Å². The lowest BCUT2D eigenvalue weighted by Gasteiger charge is -2.30. The van der Waals surface area contributed by atoms with Crippen LogP contribution >= 0.6 is 0 Å². The lowest BCUT2D eigenvalue weighted by molar-refractivity contribution is 0.227. The monoisotopic (exact) mass is 292 g/mol. The number of rotatable bonds is 7. The molecule has 1 unspecified atom stereocenters. The first-order chi connectivity index (χ1) is 9.69. The first kappa shape index (κ1) is 17.5. The molecule has 0 aromatic heterocycles. The van der Waals surface area contributed by atoms with Gasteiger partial charge in [-0.05, 0) is 44.1 Å². The third-order valence-corrected chi connectivity index (χ3v) is 3.31. The molecule has 0 saturated heterocycles. The number of primary amides is 1. The van der Waals surface area contributed by atoms with Gasteiger partial charge < -0.3 is 21.3 Å². The van der Waals surface area contributed by atoms with E-state index in [9.17, 15) is 4.79 Å². The topological polar surface area (TPSA) is 70.4 Å². The van der Waals surface area contributed by atoms with E-state index in [0.29, 0.717) is 5.69 Å². The predicted molar refractivity (Wildman–Crippen MR) is 88.4 cm³/mol. The number of amides is 2. The normalized spacial score (nSPS) is 13.2. The van der Waals surface area contributed by atoms with E-state index in [1.165, 1.54) is 5.56 Å². The number of hydrogen-bond acceptors (Lipinski definition) is 3. The number of nitrogens with two attached hydrogens (primary N) is 1. The van der Waals surface area contributed by atoms with E-state index in [1.807, 2.05) is 24.3 Å². The van der Waals surface area contributed by atoms with Gasteiger partial charge in [-0.25, -0.2) is 4.79 Å². The third-order valence-electron chi connectivity index (χ3n) is 3.31. The molecule has 1 atom stereocenters. The van der Waals surface area contributed by atoms with E-state index >= 15 is 0 Å². The summed E-state index contributed by atoms with van der Waals surface area (Å²) in [4.78, 5) is 13.0. The van der Waals surface area contributed by atoms with Crippen LogP contribution in [0.15, 0.2) is 24.3 Å². The van der Waals surface area contributed by atoms with Gasteiger partial charge in [0.05, 0.1) is 0 Å². The van der Waals surface area contributed by atoms with Gasteiger partial charge in [0, 0.05) is 24.8 Å². The second-order valence-electron chi connectivity index (χ2n) is 6.62. The van der Waals surface area contributed by atoms with Crippen LogP contribution in [0.2, 0.25) is 0 Å². The molecule has 0 fully saturated rings. The molecule has 0 heterocycles. The van der Waals surface area contributed by atoms with Gasteiger partial charge in [-0.1, -0.05) is 26.0 Å². The Kier molecular flexibility index (Phi) is 6.18. The summed E-state index contributed by atoms with van der Waals surface area (Å²) in [7, 11) is 4.19. The van der Waals surface area contributed by atoms with Gasteiger partial charge in [-0.15, -0.1) is 0 Å². The van der Waals surface area contributed by atoms with Crippen molar-refractivity contribution in [2.45, 2.75) is 26.8 Å². The maximum Gasteiger partial charge on any atom is 0.316 e. The maximum absolute atomic E-state index is 10.8. The van der Waals surface area contributed by atoms with Crippen molar-refractivity contribution in [1.29, 1.82) is 0 Å². The van der Waals surface area contributed by atoms with Crippen molar-refractivity contribution >= 4 is 11.7 Å². The van der Waals surface area contributed by atoms with E-state index < -0.39 is 6.03 Å². The molecule has 21 heavy (non-hydrogen) atoms. The van der Waals surface area contributed by atoms with Crippen LogP contribution in [0.3, 0.4) is 0 Å². The van der Waals surface area contributed by atoms with Gasteiger partial charge in [0.25, 0.3) is 0 Å². The van der Waals surface area contributed by atoms with Gasteiger partial charge in [-0.3, -0.25) is 0 Å². The number of nitrogens with one attached hydrogen (secondary N) is 2. The standard InChI is InChI=1S/C16H28N4O/c1-12(18-10-16(2,3)11-20(4)5)13-6-8-14(9-7-13)19-15(17)21/h6-9,12,18H,10-11H2,1-5H3,(H3,17,19,21). The van der Waals surface area contributed by atoms with Crippen LogP contribution in [0.1, 0.15) is 32.4 Å². The van der Waals surface area contributed by atoms with Crippen LogP contribution in [-0.2, 0) is 0 Å². The zero-order chi connectivity index (χ0) is 16.0. The molecule has 0 aliphatic carbocycles. The molecule has 5 heteroatoms. The zero-order valence-electron chi connectivity index (χ0n) is 13.7. The molecular formula is C16H28N4O. The Morgan fingerprint density at radius 1 is 1.29 bits per heavy atom. The molecule has 0 aliphatic rings. The number of anilines is 1. The van der Waals surface area contributed by atoms with Gasteiger partial charge >= 0.3 is 6.03 Å². The number of nitrogens with zero attached hydrogens (tertiary/aromatic N) is 1. The van der Waals surface area contributed by atoms with Crippen molar-refractivity contribution in [2.75, 3.05) is 32.5 Å². The summed E-state index contributed by atoms with van der Waals surface area (Å²) < 4.78 is 0. The Hall–Kier alpha value is -1.59. The first-order valence-electron chi connectivity index (χ1n) is 7.24. The van der Waals surface area contributed by atoms with Crippen molar-refractivity contribution in [2.24, 2.45) is 11.1 Å². The van der Waals surface area contributed by atoms with Crippen LogP contribution in [0.4, 0.5) is 10.5 Å². The highest BCUT2D eigenvalue weighted by Crippen LogP contribution is 2.19. The fraction of sp³-hybridized carbons (Fsp3) is 0.562. The van der Waals surface area contributed by atoms with E-state index in [4.69, 9.17) is 5.73 Å². The van der Waals surface area contributed by atoms with Crippen LogP contribution in [-0.4, -0.2) is 38.1 Å². The third kappa shape index (κ3) is 6.60. The summed E-state index contributed by atoms with van der Waals surface area (Å²) in [5.41, 5.74) is 7.20. The average molecular weight is 292 g/mol. The molecule has 1 aromatic rings. The first-order valence-corrected chi connectivity index (χ1v) is 7.24. The minimum Gasteiger partial charge on any atom is -0.351 e. The Morgan fingerprint density at radius 2 is 1.86 bits per heavy atom. The Balaban J connectivity index is 2.55. The molecule has 0 bridgehead atoms. The SMILES string of the molecule is CC(NCC(C)(C)CN(C)C)c1ccc(NC(N)=O)cc1. The van der Waals surface area contributed by atoms with Gasteiger partial charge in [-0.2, -0.15) is 0 Å². The summed E-state index contributed by atoms with van der Waals surface area (Å²) in [6.45, 7) is 8.63. The van der Waals surface area contributed by atoms with Crippen LogP contribution in [0.25, 0.3) is 0 Å². The van der Waals surface area contributed by atoms with E-state index in [0.717, 1.165) is 13.1 Å². The number of hydrogen-bond donors (Lipinski definition) is 3. The minimum atomic E-state index is -0.542. The van der Waals surface area contributed by atoms with Crippen LogP contribution in [0.5, 0.6) is 0 Å². The maximum atomic E-state index is 10.8. The van der Waals surface area contributed by atoms with Crippen LogP contribution in [0, 0.1) is 5.41 Å². The molecule has 4 N–H and O–H groups in total. The number of carbonyl (C=O) groups excluding carboxylic acids is 1. The highest BCUT2D eigenvalue weighted by Gasteiger charge is 2.19.